The van der Waals surface area contributed by atoms with Crippen LogP contribution in [0.3, 0.4) is 0 Å². The zero-order valence-electron chi connectivity index (χ0n) is 14.3. The number of fused-ring (bicyclic) bond motifs is 1. The quantitative estimate of drug-likeness (QED) is 0.522. The fraction of sp³-hybridized carbons (Fsp3) is 0. The fourth-order valence-corrected chi connectivity index (χ4v) is 3.56. The molecular formula is C20H13FN4O2S. The number of amides is 2. The van der Waals surface area contributed by atoms with Crippen LogP contribution in [-0.2, 0) is 0 Å². The Morgan fingerprint density at radius 3 is 2.43 bits per heavy atom. The molecule has 28 heavy (non-hydrogen) atoms. The van der Waals surface area contributed by atoms with Crippen molar-refractivity contribution in [1.82, 2.24) is 20.8 Å². The predicted molar refractivity (Wildman–Crippen MR) is 104 cm³/mol. The Labute approximate surface area is 163 Å². The molecule has 0 aliphatic carbocycles. The topological polar surface area (TPSA) is 84.0 Å². The van der Waals surface area contributed by atoms with Crippen LogP contribution in [-0.4, -0.2) is 21.8 Å². The maximum atomic E-state index is 13.0. The van der Waals surface area contributed by atoms with Crippen LogP contribution >= 0.6 is 11.3 Å². The van der Waals surface area contributed by atoms with Crippen molar-refractivity contribution in [2.24, 2.45) is 0 Å². The average molecular weight is 392 g/mol. The number of rotatable bonds is 3. The molecule has 4 aromatic rings. The molecular weight excluding hydrogens is 379 g/mol. The van der Waals surface area contributed by atoms with Gasteiger partial charge in [0.2, 0.25) is 0 Å². The van der Waals surface area contributed by atoms with E-state index in [0.29, 0.717) is 10.7 Å². The third-order valence-corrected chi connectivity index (χ3v) is 4.99. The minimum absolute atomic E-state index is 0.222. The van der Waals surface area contributed by atoms with Gasteiger partial charge in [0.25, 0.3) is 11.8 Å². The average Bonchev–Trinajstić information content (AvgIpc) is 3.16. The van der Waals surface area contributed by atoms with Crippen molar-refractivity contribution in [2.45, 2.75) is 0 Å². The first-order chi connectivity index (χ1) is 13.6. The molecule has 0 aliphatic rings. The van der Waals surface area contributed by atoms with Gasteiger partial charge in [0, 0.05) is 11.8 Å². The molecule has 6 nitrogen and oxygen atoms in total. The highest BCUT2D eigenvalue weighted by atomic mass is 32.1. The smallest absolute Gasteiger partial charge is 0.267 e. The Balaban J connectivity index is 1.55. The highest BCUT2D eigenvalue weighted by Crippen LogP contribution is 2.30. The van der Waals surface area contributed by atoms with Gasteiger partial charge in [-0.2, -0.15) is 0 Å². The first kappa shape index (κ1) is 17.7. The Kier molecular flexibility index (Phi) is 4.77. The third-order valence-electron chi connectivity index (χ3n) is 3.94. The molecule has 2 heterocycles. The third kappa shape index (κ3) is 3.58. The molecule has 0 aliphatic heterocycles. The molecule has 8 heteroatoms. The summed E-state index contributed by atoms with van der Waals surface area (Å²) < 4.78 is 13.9. The monoisotopic (exact) mass is 392 g/mol. The molecule has 0 spiro atoms. The van der Waals surface area contributed by atoms with E-state index in [1.54, 1.807) is 18.3 Å². The summed E-state index contributed by atoms with van der Waals surface area (Å²) in [6.45, 7) is 0. The number of para-hydroxylation sites is 1. The number of pyridine rings is 1. The lowest BCUT2D eigenvalue weighted by atomic mass is 10.2. The van der Waals surface area contributed by atoms with E-state index in [2.05, 4.69) is 20.8 Å². The van der Waals surface area contributed by atoms with Crippen molar-refractivity contribution in [3.05, 3.63) is 83.8 Å². The molecule has 0 saturated carbocycles. The van der Waals surface area contributed by atoms with Gasteiger partial charge in [0.1, 0.15) is 16.5 Å². The van der Waals surface area contributed by atoms with Gasteiger partial charge in [-0.1, -0.05) is 12.1 Å². The van der Waals surface area contributed by atoms with E-state index in [1.165, 1.54) is 35.6 Å². The number of hydrazine groups is 1. The molecule has 4 rings (SSSR count). The summed E-state index contributed by atoms with van der Waals surface area (Å²) in [5.41, 5.74) is 6.43. The number of aromatic nitrogens is 2. The Bertz CT molecular complexity index is 1140. The lowest BCUT2D eigenvalue weighted by molar-refractivity contribution is 0.0847. The van der Waals surface area contributed by atoms with Crippen LogP contribution in [0.5, 0.6) is 0 Å². The molecule has 2 aromatic heterocycles. The molecule has 0 saturated heterocycles. The number of hydrogen-bond donors (Lipinski definition) is 2. The molecule has 2 N–H and O–H groups in total. The molecule has 138 valence electrons. The van der Waals surface area contributed by atoms with Gasteiger partial charge in [-0.25, -0.2) is 9.37 Å². The maximum absolute atomic E-state index is 13.0. The number of nitrogens with one attached hydrogen (secondary N) is 2. The zero-order chi connectivity index (χ0) is 19.5. The summed E-state index contributed by atoms with van der Waals surface area (Å²) >= 11 is 1.43. The number of thiazole rings is 1. The lowest BCUT2D eigenvalue weighted by Crippen LogP contribution is -2.41. The first-order valence-corrected chi connectivity index (χ1v) is 9.11. The second-order valence-corrected chi connectivity index (χ2v) is 6.83. The van der Waals surface area contributed by atoms with Crippen LogP contribution in [0.25, 0.3) is 20.9 Å². The first-order valence-electron chi connectivity index (χ1n) is 8.29. The van der Waals surface area contributed by atoms with E-state index in [4.69, 9.17) is 0 Å². The largest absolute Gasteiger partial charge is 0.272 e. The van der Waals surface area contributed by atoms with Crippen molar-refractivity contribution in [3.63, 3.8) is 0 Å². The highest BCUT2D eigenvalue weighted by molar-refractivity contribution is 7.21. The molecule has 0 atom stereocenters. The standard InChI is InChI=1S/C20H13FN4O2S/c21-13-9-7-12(8-10-13)18(26)24-25-19(27)14-4-3-11-22-17(14)20-23-15-5-1-2-6-16(15)28-20/h1-11H,(H,24,26)(H,25,27). The van der Waals surface area contributed by atoms with Gasteiger partial charge >= 0.3 is 0 Å². The summed E-state index contributed by atoms with van der Waals surface area (Å²) in [5, 5.41) is 0.608. The normalized spacial score (nSPS) is 10.6. The van der Waals surface area contributed by atoms with Gasteiger partial charge in [-0.15, -0.1) is 11.3 Å². The number of carbonyl (C=O) groups is 2. The molecule has 2 amide bonds. The molecule has 0 fully saturated rings. The maximum Gasteiger partial charge on any atom is 0.272 e. The summed E-state index contributed by atoms with van der Waals surface area (Å²) in [4.78, 5) is 33.5. The second-order valence-electron chi connectivity index (χ2n) is 5.80. The number of carbonyl (C=O) groups excluding carboxylic acids is 2. The van der Waals surface area contributed by atoms with Crippen LogP contribution in [0.4, 0.5) is 4.39 Å². The van der Waals surface area contributed by atoms with E-state index >= 15 is 0 Å². The zero-order valence-corrected chi connectivity index (χ0v) is 15.2. The minimum atomic E-state index is -0.557. The van der Waals surface area contributed by atoms with E-state index in [0.717, 1.165) is 10.2 Å². The van der Waals surface area contributed by atoms with Gasteiger partial charge in [-0.3, -0.25) is 25.4 Å². The molecule has 0 radical (unpaired) electrons. The van der Waals surface area contributed by atoms with E-state index in [-0.39, 0.29) is 11.1 Å². The number of hydrogen-bond acceptors (Lipinski definition) is 5. The summed E-state index contributed by atoms with van der Waals surface area (Å²) in [6.07, 6.45) is 1.58. The SMILES string of the molecule is O=C(NNC(=O)c1cccnc1-c1nc2ccccc2s1)c1ccc(F)cc1. The summed E-state index contributed by atoms with van der Waals surface area (Å²) in [5.74, 6) is -1.53. The van der Waals surface area contributed by atoms with E-state index < -0.39 is 17.6 Å². The minimum Gasteiger partial charge on any atom is -0.267 e. The summed E-state index contributed by atoms with van der Waals surface area (Å²) in [7, 11) is 0. The van der Waals surface area contributed by atoms with Crippen molar-refractivity contribution < 1.29 is 14.0 Å². The number of nitrogens with zero attached hydrogens (tertiary/aromatic N) is 2. The van der Waals surface area contributed by atoms with Crippen LogP contribution in [0.2, 0.25) is 0 Å². The van der Waals surface area contributed by atoms with Crippen molar-refractivity contribution >= 4 is 33.4 Å². The van der Waals surface area contributed by atoms with E-state index in [1.807, 2.05) is 24.3 Å². The van der Waals surface area contributed by atoms with Crippen LogP contribution in [0, 0.1) is 5.82 Å². The van der Waals surface area contributed by atoms with Gasteiger partial charge in [0.15, 0.2) is 0 Å². The van der Waals surface area contributed by atoms with Crippen molar-refractivity contribution in [2.75, 3.05) is 0 Å². The van der Waals surface area contributed by atoms with Crippen LogP contribution in [0.1, 0.15) is 20.7 Å². The van der Waals surface area contributed by atoms with Crippen LogP contribution in [0.15, 0.2) is 66.9 Å². The van der Waals surface area contributed by atoms with E-state index in [9.17, 15) is 14.0 Å². The molecule has 0 bridgehead atoms. The van der Waals surface area contributed by atoms with Gasteiger partial charge in [-0.05, 0) is 48.5 Å². The second kappa shape index (κ2) is 7.53. The number of halogens is 1. The molecule has 2 aromatic carbocycles. The van der Waals surface area contributed by atoms with Gasteiger partial charge in [0.05, 0.1) is 15.8 Å². The van der Waals surface area contributed by atoms with Crippen molar-refractivity contribution in [1.29, 1.82) is 0 Å². The predicted octanol–water partition coefficient (Wildman–Crippen LogP) is 3.57. The Morgan fingerprint density at radius 2 is 1.64 bits per heavy atom. The summed E-state index contributed by atoms with van der Waals surface area (Å²) in [6, 6.07) is 15.9. The number of benzene rings is 2. The highest BCUT2D eigenvalue weighted by Gasteiger charge is 2.18. The van der Waals surface area contributed by atoms with Crippen molar-refractivity contribution in [3.8, 4) is 10.7 Å². The fourth-order valence-electron chi connectivity index (χ4n) is 2.59. The lowest BCUT2D eigenvalue weighted by Gasteiger charge is -2.09. The Morgan fingerprint density at radius 1 is 0.893 bits per heavy atom. The van der Waals surface area contributed by atoms with Crippen LogP contribution < -0.4 is 10.9 Å². The molecule has 0 unspecified atom stereocenters. The van der Waals surface area contributed by atoms with Gasteiger partial charge < -0.3 is 0 Å². The Hall–Kier alpha value is -3.65.